The van der Waals surface area contributed by atoms with Crippen LogP contribution in [-0.4, -0.2) is 22.5 Å². The molecule has 0 spiro atoms. The number of halogens is 4. The molecule has 1 aliphatic carbocycles. The van der Waals surface area contributed by atoms with Crippen LogP contribution in [0.1, 0.15) is 86.5 Å². The third-order valence-corrected chi connectivity index (χ3v) is 8.38. The zero-order valence-electron chi connectivity index (χ0n) is 21.2. The van der Waals surface area contributed by atoms with Gasteiger partial charge in [0, 0.05) is 6.54 Å². The molecular formula is C28H38F4NO3P. The number of rotatable bonds is 13. The van der Waals surface area contributed by atoms with E-state index >= 15 is 0 Å². The lowest BCUT2D eigenvalue weighted by molar-refractivity contribution is -0.138. The highest BCUT2D eigenvalue weighted by atomic mass is 31.2. The maximum atomic E-state index is 13.8. The Morgan fingerprint density at radius 3 is 2.27 bits per heavy atom. The smallest absolute Gasteiger partial charge is 0.324 e. The standard InChI is InChI=1S/C28H38F4NO3P/c29-25-13-11-24(12-14-25)27(16-5-2-6-17-27)15-4-1-3-8-23-10-9-22(20-26(23)28(30,31)32)21-33-18-7-19-37(34,35)36/h9-14,20,33H,1-8,15-19,21H2,(H2,34,35,36). The van der Waals surface area contributed by atoms with Gasteiger partial charge in [-0.2, -0.15) is 13.2 Å². The van der Waals surface area contributed by atoms with Crippen molar-refractivity contribution in [3.8, 4) is 0 Å². The summed E-state index contributed by atoms with van der Waals surface area (Å²) in [5.74, 6) is -0.239. The van der Waals surface area contributed by atoms with Crippen LogP contribution in [0.15, 0.2) is 42.5 Å². The van der Waals surface area contributed by atoms with E-state index in [4.69, 9.17) is 9.79 Å². The average Bonchev–Trinajstić information content (AvgIpc) is 2.84. The molecule has 0 radical (unpaired) electrons. The number of hydrogen-bond acceptors (Lipinski definition) is 2. The first kappa shape index (κ1) is 29.8. The molecule has 0 saturated heterocycles. The Hall–Kier alpha value is -1.73. The molecule has 206 valence electrons. The highest BCUT2D eigenvalue weighted by Gasteiger charge is 2.34. The molecule has 0 aliphatic heterocycles. The van der Waals surface area contributed by atoms with Crippen molar-refractivity contribution in [2.45, 2.75) is 88.8 Å². The van der Waals surface area contributed by atoms with Gasteiger partial charge in [0.15, 0.2) is 0 Å². The maximum absolute atomic E-state index is 13.8. The van der Waals surface area contributed by atoms with E-state index in [1.54, 1.807) is 12.1 Å². The molecule has 1 fully saturated rings. The Morgan fingerprint density at radius 1 is 0.919 bits per heavy atom. The third kappa shape index (κ3) is 9.51. The van der Waals surface area contributed by atoms with E-state index in [-0.39, 0.29) is 30.4 Å². The quantitative estimate of drug-likeness (QED) is 0.139. The van der Waals surface area contributed by atoms with Crippen LogP contribution >= 0.6 is 7.60 Å². The minimum atomic E-state index is -4.44. The van der Waals surface area contributed by atoms with E-state index in [2.05, 4.69) is 5.32 Å². The molecular weight excluding hydrogens is 505 g/mol. The van der Waals surface area contributed by atoms with Crippen molar-refractivity contribution in [3.63, 3.8) is 0 Å². The van der Waals surface area contributed by atoms with Gasteiger partial charge in [0.05, 0.1) is 11.7 Å². The summed E-state index contributed by atoms with van der Waals surface area (Å²) in [5, 5.41) is 2.95. The van der Waals surface area contributed by atoms with Crippen LogP contribution in [-0.2, 0) is 29.1 Å². The molecule has 2 aromatic rings. The lowest BCUT2D eigenvalue weighted by Gasteiger charge is -2.38. The molecule has 0 atom stereocenters. The topological polar surface area (TPSA) is 69.6 Å². The zero-order valence-corrected chi connectivity index (χ0v) is 22.1. The molecule has 1 saturated carbocycles. The second-order valence-corrected chi connectivity index (χ2v) is 12.1. The van der Waals surface area contributed by atoms with E-state index in [1.807, 2.05) is 12.1 Å². The summed E-state index contributed by atoms with van der Waals surface area (Å²) in [7, 11) is -4.06. The molecule has 0 unspecified atom stereocenters. The van der Waals surface area contributed by atoms with Gasteiger partial charge in [-0.15, -0.1) is 0 Å². The molecule has 3 N–H and O–H groups in total. The van der Waals surface area contributed by atoms with Gasteiger partial charge < -0.3 is 15.1 Å². The van der Waals surface area contributed by atoms with Crippen molar-refractivity contribution in [2.75, 3.05) is 12.7 Å². The first-order valence-corrected chi connectivity index (χ1v) is 15.0. The summed E-state index contributed by atoms with van der Waals surface area (Å²) in [6.45, 7) is 0.517. The number of aryl methyl sites for hydroxylation is 1. The van der Waals surface area contributed by atoms with Crippen LogP contribution in [0.5, 0.6) is 0 Å². The molecule has 9 heteroatoms. The van der Waals surface area contributed by atoms with E-state index in [9.17, 15) is 22.1 Å². The minimum Gasteiger partial charge on any atom is -0.324 e. The highest BCUT2D eigenvalue weighted by Crippen LogP contribution is 2.43. The fourth-order valence-electron chi connectivity index (χ4n) is 5.53. The molecule has 3 rings (SSSR count). The maximum Gasteiger partial charge on any atom is 0.416 e. The SMILES string of the molecule is O=P(O)(O)CCCNCc1ccc(CCCCCC2(c3ccc(F)cc3)CCCCC2)c(C(F)(F)F)c1. The second-order valence-electron chi connectivity index (χ2n) is 10.3. The van der Waals surface area contributed by atoms with Crippen LogP contribution in [0.4, 0.5) is 17.6 Å². The van der Waals surface area contributed by atoms with Gasteiger partial charge in [0.1, 0.15) is 5.82 Å². The lowest BCUT2D eigenvalue weighted by Crippen LogP contribution is -2.29. The zero-order chi connectivity index (χ0) is 26.9. The van der Waals surface area contributed by atoms with Crippen molar-refractivity contribution in [3.05, 3.63) is 70.5 Å². The van der Waals surface area contributed by atoms with Crippen LogP contribution in [0.2, 0.25) is 0 Å². The number of unbranched alkanes of at least 4 members (excludes halogenated alkanes) is 2. The van der Waals surface area contributed by atoms with Crippen molar-refractivity contribution in [1.82, 2.24) is 5.32 Å². The van der Waals surface area contributed by atoms with Gasteiger partial charge in [-0.05, 0) is 85.4 Å². The molecule has 2 aromatic carbocycles. The van der Waals surface area contributed by atoms with E-state index in [1.165, 1.54) is 30.2 Å². The molecule has 1 aliphatic rings. The molecule has 0 heterocycles. The fourth-order valence-corrected chi connectivity index (χ4v) is 6.10. The monoisotopic (exact) mass is 543 g/mol. The summed E-state index contributed by atoms with van der Waals surface area (Å²) in [6.07, 6.45) is 4.97. The Morgan fingerprint density at radius 2 is 1.62 bits per heavy atom. The van der Waals surface area contributed by atoms with Crippen molar-refractivity contribution in [1.29, 1.82) is 0 Å². The van der Waals surface area contributed by atoms with E-state index in [0.717, 1.165) is 44.9 Å². The number of benzene rings is 2. The van der Waals surface area contributed by atoms with Crippen LogP contribution in [0.3, 0.4) is 0 Å². The van der Waals surface area contributed by atoms with Gasteiger partial charge in [0.2, 0.25) is 0 Å². The summed E-state index contributed by atoms with van der Waals surface area (Å²) in [4.78, 5) is 17.8. The number of nitrogens with one attached hydrogen (secondary N) is 1. The van der Waals surface area contributed by atoms with Crippen LogP contribution in [0, 0.1) is 5.82 Å². The number of hydrogen-bond donors (Lipinski definition) is 3. The molecule has 0 bridgehead atoms. The third-order valence-electron chi connectivity index (χ3n) is 7.48. The minimum absolute atomic E-state index is 0.0447. The fraction of sp³-hybridized carbons (Fsp3) is 0.571. The van der Waals surface area contributed by atoms with Crippen molar-refractivity contribution < 1.29 is 31.9 Å². The highest BCUT2D eigenvalue weighted by molar-refractivity contribution is 7.51. The van der Waals surface area contributed by atoms with Gasteiger partial charge in [-0.3, -0.25) is 4.57 Å². The predicted octanol–water partition coefficient (Wildman–Crippen LogP) is 7.51. The van der Waals surface area contributed by atoms with Gasteiger partial charge in [-0.1, -0.05) is 56.4 Å². The van der Waals surface area contributed by atoms with Crippen LogP contribution in [0.25, 0.3) is 0 Å². The summed E-state index contributed by atoms with van der Waals surface area (Å²) < 4.78 is 65.6. The Bertz CT molecular complexity index is 1030. The van der Waals surface area contributed by atoms with Crippen molar-refractivity contribution in [2.24, 2.45) is 0 Å². The Balaban J connectivity index is 1.53. The number of alkyl halides is 3. The summed E-state index contributed by atoms with van der Waals surface area (Å²) >= 11 is 0. The van der Waals surface area contributed by atoms with Crippen molar-refractivity contribution >= 4 is 7.60 Å². The van der Waals surface area contributed by atoms with Gasteiger partial charge in [0.25, 0.3) is 0 Å². The van der Waals surface area contributed by atoms with E-state index < -0.39 is 19.3 Å². The molecule has 0 amide bonds. The lowest BCUT2D eigenvalue weighted by atomic mass is 9.66. The van der Waals surface area contributed by atoms with Gasteiger partial charge >= 0.3 is 13.8 Å². The largest absolute Gasteiger partial charge is 0.416 e. The predicted molar refractivity (Wildman–Crippen MR) is 138 cm³/mol. The molecule has 37 heavy (non-hydrogen) atoms. The molecule has 4 nitrogen and oxygen atoms in total. The molecule has 0 aromatic heterocycles. The first-order chi connectivity index (χ1) is 17.5. The van der Waals surface area contributed by atoms with Gasteiger partial charge in [-0.25, -0.2) is 4.39 Å². The first-order valence-electron chi connectivity index (χ1n) is 13.2. The second kappa shape index (κ2) is 13.4. The van der Waals surface area contributed by atoms with E-state index in [0.29, 0.717) is 30.5 Å². The Kier molecular flexibility index (Phi) is 10.8. The summed E-state index contributed by atoms with van der Waals surface area (Å²) in [5.41, 5.74) is 1.40. The normalized spacial score (nSPS) is 16.2. The average molecular weight is 544 g/mol. The Labute approximate surface area is 217 Å². The summed E-state index contributed by atoms with van der Waals surface area (Å²) in [6, 6.07) is 11.2. The van der Waals surface area contributed by atoms with Crippen LogP contribution < -0.4 is 5.32 Å².